The van der Waals surface area contributed by atoms with Crippen molar-refractivity contribution in [3.05, 3.63) is 71.7 Å². The van der Waals surface area contributed by atoms with Crippen molar-refractivity contribution in [2.75, 3.05) is 7.11 Å². The number of rotatable bonds is 6. The first-order valence-corrected chi connectivity index (χ1v) is 12.5. The molecule has 2 aromatic carbocycles. The zero-order valence-electron chi connectivity index (χ0n) is 20.7. The van der Waals surface area contributed by atoms with Crippen LogP contribution in [-0.4, -0.2) is 45.2 Å². The molecule has 2 heterocycles. The molecule has 0 radical (unpaired) electrons. The first-order chi connectivity index (χ1) is 17.4. The van der Waals surface area contributed by atoms with Crippen LogP contribution in [0.5, 0.6) is 5.75 Å². The molecule has 1 fully saturated rings. The van der Waals surface area contributed by atoms with Crippen LogP contribution in [-0.2, 0) is 17.9 Å². The number of hydrogen-bond donors (Lipinski definition) is 1. The van der Waals surface area contributed by atoms with Crippen molar-refractivity contribution in [2.45, 2.75) is 63.7 Å². The average molecular weight is 491 g/mol. The summed E-state index contributed by atoms with van der Waals surface area (Å²) in [6, 6.07) is 15.5. The summed E-state index contributed by atoms with van der Waals surface area (Å²) in [7, 11) is 1.61. The third-order valence-electron chi connectivity index (χ3n) is 7.34. The Morgan fingerprint density at radius 2 is 1.89 bits per heavy atom. The Bertz CT molecular complexity index is 1270. The zero-order valence-corrected chi connectivity index (χ0v) is 20.7. The summed E-state index contributed by atoms with van der Waals surface area (Å²) < 4.78 is 20.8. The van der Waals surface area contributed by atoms with Gasteiger partial charge in [-0.1, -0.05) is 31.4 Å². The molecule has 188 valence electrons. The van der Waals surface area contributed by atoms with Gasteiger partial charge in [0, 0.05) is 18.2 Å². The molecule has 8 heteroatoms. The lowest BCUT2D eigenvalue weighted by Gasteiger charge is -2.44. The SMILES string of the molecule is COc1ccc(-c2cc3n(n2)CC(C)(C(=O)NC2CCCCC2)N(Cc2cccc(F)c2)C3=O)cc1. The van der Waals surface area contributed by atoms with E-state index in [0.29, 0.717) is 17.0 Å². The van der Waals surface area contributed by atoms with Crippen LogP contribution in [0.1, 0.15) is 55.1 Å². The molecule has 2 amide bonds. The maximum Gasteiger partial charge on any atom is 0.273 e. The number of aromatic nitrogens is 2. The van der Waals surface area contributed by atoms with Gasteiger partial charge in [0.2, 0.25) is 5.91 Å². The van der Waals surface area contributed by atoms with Gasteiger partial charge in [0.15, 0.2) is 0 Å². The van der Waals surface area contributed by atoms with Gasteiger partial charge in [0.25, 0.3) is 5.91 Å². The summed E-state index contributed by atoms with van der Waals surface area (Å²) in [6.07, 6.45) is 5.23. The highest BCUT2D eigenvalue weighted by molar-refractivity contribution is 6.00. The molecule has 0 bridgehead atoms. The van der Waals surface area contributed by atoms with Crippen LogP contribution in [0.3, 0.4) is 0 Å². The molecule has 1 aromatic heterocycles. The van der Waals surface area contributed by atoms with Crippen LogP contribution in [0.25, 0.3) is 11.3 Å². The van der Waals surface area contributed by atoms with E-state index < -0.39 is 5.54 Å². The fourth-order valence-electron chi connectivity index (χ4n) is 5.20. The van der Waals surface area contributed by atoms with Crippen molar-refractivity contribution in [1.82, 2.24) is 20.0 Å². The maximum atomic E-state index is 14.0. The van der Waals surface area contributed by atoms with Crippen LogP contribution >= 0.6 is 0 Å². The second-order valence-electron chi connectivity index (χ2n) is 9.90. The normalized spacial score (nSPS) is 20.2. The molecule has 1 aliphatic carbocycles. The number of carbonyl (C=O) groups excluding carboxylic acids is 2. The van der Waals surface area contributed by atoms with Crippen LogP contribution in [0.4, 0.5) is 4.39 Å². The molecule has 1 unspecified atom stereocenters. The summed E-state index contributed by atoms with van der Waals surface area (Å²) in [5.41, 5.74) is 1.33. The van der Waals surface area contributed by atoms with Gasteiger partial charge in [-0.2, -0.15) is 5.10 Å². The largest absolute Gasteiger partial charge is 0.497 e. The Labute approximate surface area is 210 Å². The molecule has 1 saturated carbocycles. The minimum atomic E-state index is -1.18. The van der Waals surface area contributed by atoms with E-state index in [1.165, 1.54) is 18.6 Å². The van der Waals surface area contributed by atoms with Crippen LogP contribution in [0, 0.1) is 5.82 Å². The number of halogens is 1. The lowest BCUT2D eigenvalue weighted by Crippen LogP contribution is -2.64. The number of fused-ring (bicyclic) bond motifs is 1. The van der Waals surface area contributed by atoms with E-state index in [1.54, 1.807) is 41.8 Å². The summed E-state index contributed by atoms with van der Waals surface area (Å²) in [5.74, 6) is -0.158. The van der Waals surface area contributed by atoms with Gasteiger partial charge in [0.05, 0.1) is 19.3 Å². The second kappa shape index (κ2) is 9.76. The highest BCUT2D eigenvalue weighted by Crippen LogP contribution is 2.32. The molecule has 0 spiro atoms. The molecular formula is C28H31FN4O3. The highest BCUT2D eigenvalue weighted by atomic mass is 19.1. The van der Waals surface area contributed by atoms with Gasteiger partial charge in [-0.15, -0.1) is 0 Å². The first kappa shape index (κ1) is 24.0. The molecule has 1 aliphatic heterocycles. The molecule has 1 atom stereocenters. The first-order valence-electron chi connectivity index (χ1n) is 12.5. The van der Waals surface area contributed by atoms with Crippen molar-refractivity contribution in [3.63, 3.8) is 0 Å². The molecule has 36 heavy (non-hydrogen) atoms. The summed E-state index contributed by atoms with van der Waals surface area (Å²) in [5, 5.41) is 7.89. The van der Waals surface area contributed by atoms with Crippen molar-refractivity contribution in [3.8, 4) is 17.0 Å². The Hall–Kier alpha value is -3.68. The average Bonchev–Trinajstić information content (AvgIpc) is 3.31. The van der Waals surface area contributed by atoms with Gasteiger partial charge < -0.3 is 15.0 Å². The number of nitrogens with zero attached hydrogens (tertiary/aromatic N) is 3. The topological polar surface area (TPSA) is 76.5 Å². The van der Waals surface area contributed by atoms with Gasteiger partial charge >= 0.3 is 0 Å². The minimum absolute atomic E-state index is 0.100. The van der Waals surface area contributed by atoms with E-state index in [2.05, 4.69) is 5.32 Å². The summed E-state index contributed by atoms with van der Waals surface area (Å²) in [6.45, 7) is 2.10. The number of benzene rings is 2. The predicted octanol–water partition coefficient (Wildman–Crippen LogP) is 4.56. The summed E-state index contributed by atoms with van der Waals surface area (Å²) >= 11 is 0. The smallest absolute Gasteiger partial charge is 0.273 e. The summed E-state index contributed by atoms with van der Waals surface area (Å²) in [4.78, 5) is 29.1. The fourth-order valence-corrected chi connectivity index (χ4v) is 5.20. The Morgan fingerprint density at radius 1 is 1.14 bits per heavy atom. The number of ether oxygens (including phenoxy) is 1. The number of carbonyl (C=O) groups is 2. The van der Waals surface area contributed by atoms with Crippen molar-refractivity contribution in [1.29, 1.82) is 0 Å². The lowest BCUT2D eigenvalue weighted by atomic mass is 9.91. The minimum Gasteiger partial charge on any atom is -0.497 e. The molecule has 7 nitrogen and oxygen atoms in total. The number of nitrogens with one attached hydrogen (secondary N) is 1. The molecule has 1 N–H and O–H groups in total. The second-order valence-corrected chi connectivity index (χ2v) is 9.90. The number of amides is 2. The molecule has 3 aromatic rings. The van der Waals surface area contributed by atoms with Crippen LogP contribution < -0.4 is 10.1 Å². The van der Waals surface area contributed by atoms with Crippen molar-refractivity contribution >= 4 is 11.8 Å². The van der Waals surface area contributed by atoms with E-state index in [-0.39, 0.29) is 36.8 Å². The zero-order chi connectivity index (χ0) is 25.3. The van der Waals surface area contributed by atoms with E-state index in [1.807, 2.05) is 24.3 Å². The van der Waals surface area contributed by atoms with E-state index in [4.69, 9.17) is 9.84 Å². The number of methoxy groups -OCH3 is 1. The maximum absolute atomic E-state index is 14.0. The van der Waals surface area contributed by atoms with Crippen molar-refractivity contribution in [2.24, 2.45) is 0 Å². The highest BCUT2D eigenvalue weighted by Gasteiger charge is 2.48. The molecular weight excluding hydrogens is 459 g/mol. The van der Waals surface area contributed by atoms with E-state index >= 15 is 0 Å². The Morgan fingerprint density at radius 3 is 2.58 bits per heavy atom. The van der Waals surface area contributed by atoms with Gasteiger partial charge in [-0.25, -0.2) is 4.39 Å². The van der Waals surface area contributed by atoms with E-state index in [0.717, 1.165) is 37.0 Å². The lowest BCUT2D eigenvalue weighted by molar-refractivity contribution is -0.134. The van der Waals surface area contributed by atoms with Gasteiger partial charge in [-0.3, -0.25) is 14.3 Å². The number of hydrogen-bond acceptors (Lipinski definition) is 4. The van der Waals surface area contributed by atoms with Crippen molar-refractivity contribution < 1.29 is 18.7 Å². The van der Waals surface area contributed by atoms with E-state index in [9.17, 15) is 14.0 Å². The quantitative estimate of drug-likeness (QED) is 0.550. The van der Waals surface area contributed by atoms with Crippen LogP contribution in [0.2, 0.25) is 0 Å². The van der Waals surface area contributed by atoms with Crippen LogP contribution in [0.15, 0.2) is 54.6 Å². The third-order valence-corrected chi connectivity index (χ3v) is 7.34. The fraction of sp³-hybridized carbons (Fsp3) is 0.393. The molecule has 2 aliphatic rings. The Balaban J connectivity index is 1.50. The van der Waals surface area contributed by atoms with Gasteiger partial charge in [0.1, 0.15) is 22.8 Å². The predicted molar refractivity (Wildman–Crippen MR) is 134 cm³/mol. The monoisotopic (exact) mass is 490 g/mol. The standard InChI is InChI=1S/C28H31FN4O3/c1-28(27(35)30-22-9-4-3-5-10-22)18-33-25(16-24(31-33)20-11-13-23(36-2)14-12-20)26(34)32(28)17-19-7-6-8-21(29)15-19/h6-8,11-16,22H,3-5,9-10,17-18H2,1-2H3,(H,30,35). The molecule has 0 saturated heterocycles. The van der Waals surface area contributed by atoms with Gasteiger partial charge in [-0.05, 0) is 67.8 Å². The molecule has 5 rings (SSSR count). The third kappa shape index (κ3) is 4.59. The Kier molecular flexibility index (Phi) is 6.51.